The predicted octanol–water partition coefficient (Wildman–Crippen LogP) is 3.89. The third kappa shape index (κ3) is 4.49. The first-order valence-corrected chi connectivity index (χ1v) is 7.68. The van der Waals surface area contributed by atoms with Crippen molar-refractivity contribution in [2.45, 2.75) is 13.0 Å². The van der Waals surface area contributed by atoms with Gasteiger partial charge in [-0.25, -0.2) is 4.79 Å². The molecule has 1 aromatic carbocycles. The molecule has 1 N–H and O–H groups in total. The van der Waals surface area contributed by atoms with Crippen LogP contribution in [0.2, 0.25) is 5.02 Å². The molecule has 0 bridgehead atoms. The zero-order valence-corrected chi connectivity index (χ0v) is 14.6. The number of benzene rings is 1. The van der Waals surface area contributed by atoms with E-state index in [4.69, 9.17) is 25.5 Å². The Balaban J connectivity index is 2.03. The number of ether oxygens (including phenoxy) is 2. The number of amides is 1. The first kappa shape index (κ1) is 17.4. The van der Waals surface area contributed by atoms with Gasteiger partial charge in [0.25, 0.3) is 5.91 Å². The Hall–Kier alpha value is -1.99. The van der Waals surface area contributed by atoms with Crippen LogP contribution >= 0.6 is 27.5 Å². The van der Waals surface area contributed by atoms with Gasteiger partial charge < -0.3 is 19.2 Å². The normalized spacial score (nSPS) is 11.7. The van der Waals surface area contributed by atoms with E-state index in [2.05, 4.69) is 21.2 Å². The highest BCUT2D eigenvalue weighted by molar-refractivity contribution is 9.10. The van der Waals surface area contributed by atoms with Crippen molar-refractivity contribution in [1.82, 2.24) is 0 Å². The van der Waals surface area contributed by atoms with Crippen LogP contribution in [-0.4, -0.2) is 25.1 Å². The number of esters is 1. The van der Waals surface area contributed by atoms with E-state index in [1.807, 2.05) is 0 Å². The summed E-state index contributed by atoms with van der Waals surface area (Å²) >= 11 is 8.98. The van der Waals surface area contributed by atoms with Crippen molar-refractivity contribution in [3.63, 3.8) is 0 Å². The zero-order valence-electron chi connectivity index (χ0n) is 12.3. The third-order valence-corrected chi connectivity index (χ3v) is 3.51. The molecule has 0 aliphatic heterocycles. The van der Waals surface area contributed by atoms with E-state index in [0.29, 0.717) is 21.1 Å². The number of furan rings is 1. The molecule has 1 aromatic heterocycles. The van der Waals surface area contributed by atoms with E-state index < -0.39 is 18.0 Å². The van der Waals surface area contributed by atoms with Gasteiger partial charge in [-0.3, -0.25) is 4.79 Å². The number of nitrogens with one attached hydrogen (secondary N) is 1. The van der Waals surface area contributed by atoms with Crippen LogP contribution in [0.1, 0.15) is 17.5 Å². The second kappa shape index (κ2) is 7.52. The van der Waals surface area contributed by atoms with E-state index in [0.717, 1.165) is 0 Å². The average molecular weight is 403 g/mol. The smallest absolute Gasteiger partial charge is 0.375 e. The lowest BCUT2D eigenvalue weighted by molar-refractivity contribution is -0.123. The minimum atomic E-state index is -1.03. The standard InChI is InChI=1S/C15H13BrClNO5/c1-8(22-15(20)12-5-6-13(16)23-12)14(19)18-10-7-9(17)3-4-11(10)21-2/h3-8H,1-2H3,(H,18,19). The summed E-state index contributed by atoms with van der Waals surface area (Å²) in [6.07, 6.45) is -1.03. The second-order valence-corrected chi connectivity index (χ2v) is 5.70. The summed E-state index contributed by atoms with van der Waals surface area (Å²) in [5.41, 5.74) is 0.383. The van der Waals surface area contributed by atoms with Crippen molar-refractivity contribution in [2.24, 2.45) is 0 Å². The lowest BCUT2D eigenvalue weighted by Gasteiger charge is -2.14. The number of rotatable bonds is 5. The summed E-state index contributed by atoms with van der Waals surface area (Å²) in [5, 5.41) is 3.03. The van der Waals surface area contributed by atoms with Gasteiger partial charge in [-0.05, 0) is 53.2 Å². The van der Waals surface area contributed by atoms with Crippen molar-refractivity contribution >= 4 is 45.1 Å². The van der Waals surface area contributed by atoms with Crippen LogP contribution in [0.4, 0.5) is 5.69 Å². The molecule has 1 unspecified atom stereocenters. The highest BCUT2D eigenvalue weighted by atomic mass is 79.9. The van der Waals surface area contributed by atoms with E-state index in [1.165, 1.54) is 26.2 Å². The van der Waals surface area contributed by atoms with Crippen LogP contribution in [0.5, 0.6) is 5.75 Å². The molecule has 0 radical (unpaired) electrons. The maximum absolute atomic E-state index is 12.1. The fraction of sp³-hybridized carbons (Fsp3) is 0.200. The maximum atomic E-state index is 12.1. The summed E-state index contributed by atoms with van der Waals surface area (Å²) in [6, 6.07) is 7.79. The van der Waals surface area contributed by atoms with Gasteiger partial charge in [-0.2, -0.15) is 0 Å². The van der Waals surface area contributed by atoms with Crippen molar-refractivity contribution in [3.05, 3.63) is 45.8 Å². The Labute approximate surface area is 145 Å². The molecule has 0 aliphatic carbocycles. The number of hydrogen-bond donors (Lipinski definition) is 1. The van der Waals surface area contributed by atoms with Gasteiger partial charge in [0, 0.05) is 5.02 Å². The van der Waals surface area contributed by atoms with Crippen molar-refractivity contribution in [2.75, 3.05) is 12.4 Å². The highest BCUT2D eigenvalue weighted by Gasteiger charge is 2.22. The van der Waals surface area contributed by atoms with Crippen molar-refractivity contribution < 1.29 is 23.5 Å². The fourth-order valence-corrected chi connectivity index (χ4v) is 2.19. The van der Waals surface area contributed by atoms with Gasteiger partial charge in [-0.1, -0.05) is 11.6 Å². The summed E-state index contributed by atoms with van der Waals surface area (Å²) in [6.45, 7) is 1.45. The number of hydrogen-bond acceptors (Lipinski definition) is 5. The molecule has 0 fully saturated rings. The van der Waals surface area contributed by atoms with Gasteiger partial charge >= 0.3 is 5.97 Å². The summed E-state index contributed by atoms with van der Waals surface area (Å²) in [5.74, 6) is -0.825. The van der Waals surface area contributed by atoms with Gasteiger partial charge in [0.15, 0.2) is 10.8 Å². The molecule has 0 aliphatic rings. The molecule has 0 spiro atoms. The molecule has 23 heavy (non-hydrogen) atoms. The second-order valence-electron chi connectivity index (χ2n) is 4.49. The third-order valence-electron chi connectivity index (χ3n) is 2.85. The van der Waals surface area contributed by atoms with Crippen LogP contribution in [0.3, 0.4) is 0 Å². The van der Waals surface area contributed by atoms with Crippen molar-refractivity contribution in [3.8, 4) is 5.75 Å². The Morgan fingerprint density at radius 1 is 1.30 bits per heavy atom. The summed E-state index contributed by atoms with van der Waals surface area (Å²) < 4.78 is 15.6. The molecular weight excluding hydrogens is 390 g/mol. The average Bonchev–Trinajstić information content (AvgIpc) is 2.94. The maximum Gasteiger partial charge on any atom is 0.375 e. The number of halogens is 2. The first-order chi connectivity index (χ1) is 10.9. The monoisotopic (exact) mass is 401 g/mol. The summed E-state index contributed by atoms with van der Waals surface area (Å²) in [7, 11) is 1.47. The molecular formula is C15H13BrClNO5. The minimum absolute atomic E-state index is 0.00291. The van der Waals surface area contributed by atoms with E-state index >= 15 is 0 Å². The molecule has 1 heterocycles. The van der Waals surface area contributed by atoms with Crippen LogP contribution in [-0.2, 0) is 9.53 Å². The molecule has 122 valence electrons. The molecule has 8 heteroatoms. The topological polar surface area (TPSA) is 77.8 Å². The van der Waals surface area contributed by atoms with Gasteiger partial charge in [0.2, 0.25) is 5.76 Å². The number of anilines is 1. The number of carbonyl (C=O) groups is 2. The fourth-order valence-electron chi connectivity index (χ4n) is 1.71. The Kier molecular flexibility index (Phi) is 5.68. The minimum Gasteiger partial charge on any atom is -0.495 e. The Morgan fingerprint density at radius 2 is 2.04 bits per heavy atom. The molecule has 1 amide bonds. The van der Waals surface area contributed by atoms with Crippen molar-refractivity contribution in [1.29, 1.82) is 0 Å². The van der Waals surface area contributed by atoms with Crippen LogP contribution < -0.4 is 10.1 Å². The molecule has 2 aromatic rings. The van der Waals surface area contributed by atoms with E-state index in [1.54, 1.807) is 18.2 Å². The zero-order chi connectivity index (χ0) is 17.0. The van der Waals surface area contributed by atoms with Gasteiger partial charge in [0.05, 0.1) is 12.8 Å². The van der Waals surface area contributed by atoms with Gasteiger partial charge in [-0.15, -0.1) is 0 Å². The van der Waals surface area contributed by atoms with E-state index in [-0.39, 0.29) is 5.76 Å². The van der Waals surface area contributed by atoms with E-state index in [9.17, 15) is 9.59 Å². The molecule has 1 atom stereocenters. The van der Waals surface area contributed by atoms with Crippen LogP contribution in [0.15, 0.2) is 39.4 Å². The van der Waals surface area contributed by atoms with Crippen LogP contribution in [0, 0.1) is 0 Å². The lowest BCUT2D eigenvalue weighted by atomic mass is 10.2. The molecule has 2 rings (SSSR count). The molecule has 6 nitrogen and oxygen atoms in total. The lowest BCUT2D eigenvalue weighted by Crippen LogP contribution is -2.30. The number of methoxy groups -OCH3 is 1. The molecule has 0 saturated carbocycles. The SMILES string of the molecule is COc1ccc(Cl)cc1NC(=O)C(C)OC(=O)c1ccc(Br)o1. The number of carbonyl (C=O) groups excluding carboxylic acids is 2. The summed E-state index contributed by atoms with van der Waals surface area (Å²) in [4.78, 5) is 24.0. The predicted molar refractivity (Wildman–Crippen MR) is 87.9 cm³/mol. The quantitative estimate of drug-likeness (QED) is 0.768. The van der Waals surface area contributed by atoms with Crippen LogP contribution in [0.25, 0.3) is 0 Å². The highest BCUT2D eigenvalue weighted by Crippen LogP contribution is 2.28. The largest absolute Gasteiger partial charge is 0.495 e. The first-order valence-electron chi connectivity index (χ1n) is 6.51. The molecule has 0 saturated heterocycles. The Morgan fingerprint density at radius 3 is 2.65 bits per heavy atom. The van der Waals surface area contributed by atoms with Gasteiger partial charge in [0.1, 0.15) is 5.75 Å². The Bertz CT molecular complexity index is 730.